The van der Waals surface area contributed by atoms with Gasteiger partial charge in [0.15, 0.2) is 0 Å². The van der Waals surface area contributed by atoms with E-state index in [2.05, 4.69) is 4.74 Å². The number of benzene rings is 1. The fraction of sp³-hybridized carbons (Fsp3) is 0.357. The van der Waals surface area contributed by atoms with Gasteiger partial charge in [-0.05, 0) is 24.1 Å². The summed E-state index contributed by atoms with van der Waals surface area (Å²) < 4.78 is 29.7. The van der Waals surface area contributed by atoms with Crippen LogP contribution in [0, 0.1) is 0 Å². The Hall–Kier alpha value is -1.82. The van der Waals surface area contributed by atoms with Crippen molar-refractivity contribution in [2.75, 3.05) is 23.7 Å². The minimum absolute atomic E-state index is 0.197. The van der Waals surface area contributed by atoms with E-state index < -0.39 is 10.0 Å². The predicted octanol–water partition coefficient (Wildman–Crippen LogP) is 1.80. The van der Waals surface area contributed by atoms with Crippen molar-refractivity contribution in [3.63, 3.8) is 0 Å². The van der Waals surface area contributed by atoms with Crippen LogP contribution in [0.5, 0.6) is 0 Å². The zero-order chi connectivity index (χ0) is 14.6. The van der Waals surface area contributed by atoms with Crippen molar-refractivity contribution in [3.8, 4) is 0 Å². The summed E-state index contributed by atoms with van der Waals surface area (Å²) in [4.78, 5) is 11.0. The lowest BCUT2D eigenvalue weighted by molar-refractivity contribution is -0.139. The highest BCUT2D eigenvalue weighted by atomic mass is 32.2. The number of anilines is 1. The Balaban J connectivity index is 2.14. The predicted molar refractivity (Wildman–Crippen MR) is 77.9 cm³/mol. The zero-order valence-electron chi connectivity index (χ0n) is 11.3. The van der Waals surface area contributed by atoms with E-state index in [1.807, 2.05) is 6.07 Å². The normalized spacial score (nSPS) is 17.6. The molecular formula is C14H17NO4S. The van der Waals surface area contributed by atoms with Crippen molar-refractivity contribution in [2.45, 2.75) is 12.8 Å². The largest absolute Gasteiger partial charge is 0.469 e. The molecule has 0 unspecified atom stereocenters. The van der Waals surface area contributed by atoms with Gasteiger partial charge in [-0.25, -0.2) is 8.42 Å². The van der Waals surface area contributed by atoms with Gasteiger partial charge in [0.05, 0.1) is 25.0 Å². The molecule has 0 spiro atoms. The van der Waals surface area contributed by atoms with Crippen LogP contribution >= 0.6 is 0 Å². The Morgan fingerprint density at radius 3 is 2.90 bits per heavy atom. The van der Waals surface area contributed by atoms with Gasteiger partial charge in [0.1, 0.15) is 0 Å². The van der Waals surface area contributed by atoms with Crippen LogP contribution in [0.15, 0.2) is 30.3 Å². The van der Waals surface area contributed by atoms with Gasteiger partial charge in [0.2, 0.25) is 10.0 Å². The van der Waals surface area contributed by atoms with Crippen LogP contribution in [-0.4, -0.2) is 33.8 Å². The molecule has 0 bridgehead atoms. The highest BCUT2D eigenvalue weighted by Gasteiger charge is 2.28. The average Bonchev–Trinajstić information content (AvgIpc) is 2.78. The number of carbonyl (C=O) groups excluding carboxylic acids is 1. The van der Waals surface area contributed by atoms with Gasteiger partial charge < -0.3 is 4.74 Å². The van der Waals surface area contributed by atoms with Gasteiger partial charge in [0, 0.05) is 6.54 Å². The lowest BCUT2D eigenvalue weighted by atomic mass is 10.1. The van der Waals surface area contributed by atoms with E-state index in [4.69, 9.17) is 0 Å². The monoisotopic (exact) mass is 295 g/mol. The van der Waals surface area contributed by atoms with Crippen molar-refractivity contribution in [3.05, 3.63) is 35.9 Å². The first-order chi connectivity index (χ1) is 9.53. The van der Waals surface area contributed by atoms with E-state index >= 15 is 0 Å². The number of nitrogens with zero attached hydrogens (tertiary/aromatic N) is 1. The summed E-state index contributed by atoms with van der Waals surface area (Å²) in [6.07, 6.45) is 4.33. The van der Waals surface area contributed by atoms with Crippen LogP contribution in [0.4, 0.5) is 5.69 Å². The summed E-state index contributed by atoms with van der Waals surface area (Å²) in [5, 5.41) is 0. The molecule has 1 aromatic rings. The molecule has 1 saturated heterocycles. The van der Waals surface area contributed by atoms with E-state index in [1.54, 1.807) is 30.4 Å². The van der Waals surface area contributed by atoms with Crippen molar-refractivity contribution in [2.24, 2.45) is 0 Å². The van der Waals surface area contributed by atoms with Gasteiger partial charge in [-0.2, -0.15) is 0 Å². The quantitative estimate of drug-likeness (QED) is 0.795. The molecule has 0 saturated carbocycles. The molecule has 0 atom stereocenters. The fourth-order valence-electron chi connectivity index (χ4n) is 2.09. The molecule has 2 rings (SSSR count). The zero-order valence-corrected chi connectivity index (χ0v) is 12.1. The molecular weight excluding hydrogens is 278 g/mol. The van der Waals surface area contributed by atoms with Crippen LogP contribution < -0.4 is 4.31 Å². The Morgan fingerprint density at radius 2 is 2.25 bits per heavy atom. The molecule has 1 aliphatic rings. The molecule has 5 nitrogen and oxygen atoms in total. The lowest BCUT2D eigenvalue weighted by Crippen LogP contribution is -2.24. The molecule has 0 aromatic heterocycles. The summed E-state index contributed by atoms with van der Waals surface area (Å²) in [7, 11) is -1.82. The van der Waals surface area contributed by atoms with Crippen molar-refractivity contribution in [1.82, 2.24) is 0 Å². The standard InChI is InChI=1S/C14H17NO4S/c1-19-14(16)8-3-6-12-5-2-7-13(11-12)15-9-4-10-20(15,17)18/h2-3,5-7,11H,4,8-10H2,1H3. The van der Waals surface area contributed by atoms with Crippen molar-refractivity contribution in [1.29, 1.82) is 0 Å². The number of esters is 1. The average molecular weight is 295 g/mol. The third kappa shape index (κ3) is 3.39. The molecule has 1 aromatic carbocycles. The fourth-order valence-corrected chi connectivity index (χ4v) is 3.64. The second-order valence-corrected chi connectivity index (χ2v) is 6.53. The van der Waals surface area contributed by atoms with Gasteiger partial charge >= 0.3 is 5.97 Å². The SMILES string of the molecule is COC(=O)CC=Cc1cccc(N2CCCS2(=O)=O)c1. The maximum absolute atomic E-state index is 11.9. The van der Waals surface area contributed by atoms with Crippen LogP contribution in [0.3, 0.4) is 0 Å². The van der Waals surface area contributed by atoms with Crippen LogP contribution in [0.2, 0.25) is 0 Å². The number of ether oxygens (including phenoxy) is 1. The lowest BCUT2D eigenvalue weighted by Gasteiger charge is -2.17. The maximum atomic E-state index is 11.9. The van der Waals surface area contributed by atoms with E-state index in [1.165, 1.54) is 11.4 Å². The Kier molecular flexibility index (Phi) is 4.44. The van der Waals surface area contributed by atoms with E-state index in [0.29, 0.717) is 18.7 Å². The molecule has 108 valence electrons. The molecule has 1 heterocycles. The molecule has 0 radical (unpaired) electrons. The van der Waals surface area contributed by atoms with Gasteiger partial charge in [-0.15, -0.1) is 0 Å². The third-order valence-electron chi connectivity index (χ3n) is 3.08. The summed E-state index contributed by atoms with van der Waals surface area (Å²) in [5.74, 6) is -0.102. The van der Waals surface area contributed by atoms with Crippen LogP contribution in [0.1, 0.15) is 18.4 Å². The number of hydrogen-bond donors (Lipinski definition) is 0. The molecule has 1 fully saturated rings. The minimum Gasteiger partial charge on any atom is -0.469 e. The number of rotatable bonds is 4. The molecule has 20 heavy (non-hydrogen) atoms. The number of carbonyl (C=O) groups is 1. The molecule has 0 amide bonds. The van der Waals surface area contributed by atoms with Gasteiger partial charge in [-0.3, -0.25) is 9.10 Å². The van der Waals surface area contributed by atoms with Gasteiger partial charge in [0.25, 0.3) is 0 Å². The Bertz CT molecular complexity index is 622. The Morgan fingerprint density at radius 1 is 1.45 bits per heavy atom. The second-order valence-electron chi connectivity index (χ2n) is 4.52. The van der Waals surface area contributed by atoms with Crippen LogP contribution in [-0.2, 0) is 19.6 Å². The van der Waals surface area contributed by atoms with E-state index in [9.17, 15) is 13.2 Å². The summed E-state index contributed by atoms with van der Waals surface area (Å²) in [6, 6.07) is 7.25. The first-order valence-corrected chi connectivity index (χ1v) is 7.98. The van der Waals surface area contributed by atoms with Gasteiger partial charge in [-0.1, -0.05) is 24.3 Å². The maximum Gasteiger partial charge on any atom is 0.309 e. The first kappa shape index (κ1) is 14.6. The second kappa shape index (κ2) is 6.09. The smallest absolute Gasteiger partial charge is 0.309 e. The number of methoxy groups -OCH3 is 1. The molecule has 0 N–H and O–H groups in total. The molecule has 6 heteroatoms. The summed E-state index contributed by atoms with van der Waals surface area (Å²) >= 11 is 0. The van der Waals surface area contributed by atoms with E-state index in [-0.39, 0.29) is 18.1 Å². The molecule has 0 aliphatic carbocycles. The third-order valence-corrected chi connectivity index (χ3v) is 4.95. The topological polar surface area (TPSA) is 63.7 Å². The van der Waals surface area contributed by atoms with Crippen LogP contribution in [0.25, 0.3) is 6.08 Å². The Labute approximate surface area is 118 Å². The molecule has 1 aliphatic heterocycles. The minimum atomic E-state index is -3.16. The van der Waals surface area contributed by atoms with E-state index in [0.717, 1.165) is 5.56 Å². The van der Waals surface area contributed by atoms with Crippen molar-refractivity contribution >= 4 is 27.8 Å². The summed E-state index contributed by atoms with van der Waals surface area (Å²) in [6.45, 7) is 0.525. The highest BCUT2D eigenvalue weighted by Crippen LogP contribution is 2.25. The number of sulfonamides is 1. The number of hydrogen-bond acceptors (Lipinski definition) is 4. The highest BCUT2D eigenvalue weighted by molar-refractivity contribution is 7.93. The van der Waals surface area contributed by atoms with Crippen molar-refractivity contribution < 1.29 is 17.9 Å². The first-order valence-electron chi connectivity index (χ1n) is 6.37. The summed E-state index contributed by atoms with van der Waals surface area (Å²) in [5.41, 5.74) is 1.52.